The molecule has 4 aliphatic carbocycles. The Balaban J connectivity index is 1.00. The second kappa shape index (κ2) is 22.3. The van der Waals surface area contributed by atoms with Crippen molar-refractivity contribution >= 4 is 16.1 Å². The number of aliphatic imine (C=N–C) groups is 1. The second-order valence-corrected chi connectivity index (χ2v) is 27.0. The van der Waals surface area contributed by atoms with Crippen molar-refractivity contribution in [2.24, 2.45) is 46.0 Å². The van der Waals surface area contributed by atoms with E-state index in [2.05, 4.69) is 85.5 Å². The quantitative estimate of drug-likeness (QED) is 0.0229. The normalized spacial score (nSPS) is 31.7. The number of aryl methyl sites for hydroxylation is 1. The van der Waals surface area contributed by atoms with E-state index in [1.165, 1.54) is 0 Å². The van der Waals surface area contributed by atoms with E-state index >= 15 is 0 Å². The molecule has 12 nitrogen and oxygen atoms in total. The number of fused-ring (bicyclic) bond motifs is 9. The third kappa shape index (κ3) is 11.2. The van der Waals surface area contributed by atoms with Crippen LogP contribution in [-0.2, 0) is 39.0 Å². The third-order valence-electron chi connectivity index (χ3n) is 20.3. The number of guanidine groups is 1. The molecule has 9 N–H and O–H groups in total. The van der Waals surface area contributed by atoms with Crippen molar-refractivity contribution in [1.82, 2.24) is 0 Å². The molecular formula is C68H79N3O9S. The summed E-state index contributed by atoms with van der Waals surface area (Å²) in [6.07, 6.45) is 12.0. The van der Waals surface area contributed by atoms with Crippen LogP contribution in [0.15, 0.2) is 132 Å². The van der Waals surface area contributed by atoms with Crippen LogP contribution in [0.4, 0.5) is 0 Å². The monoisotopic (exact) mass is 1110 g/mol. The van der Waals surface area contributed by atoms with Crippen LogP contribution in [0.2, 0.25) is 0 Å². The molecule has 10 bridgehead atoms. The summed E-state index contributed by atoms with van der Waals surface area (Å²) in [6, 6.07) is 38.0. The van der Waals surface area contributed by atoms with Gasteiger partial charge in [-0.2, -0.15) is 8.42 Å². The number of phenols is 1. The Bertz CT molecular complexity index is 3350. The minimum atomic E-state index is -4.70. The largest absolute Gasteiger partial charge is 0.508 e. The third-order valence-corrected chi connectivity index (χ3v) is 21.5. The highest BCUT2D eigenvalue weighted by atomic mass is 32.2. The van der Waals surface area contributed by atoms with Gasteiger partial charge in [0.1, 0.15) is 17.6 Å². The number of phenolic OH excluding ortho intramolecular Hbond substituents is 1. The molecule has 2 saturated carbocycles. The second-order valence-electron chi connectivity index (χ2n) is 25.4. The number of allylic oxidation sites excluding steroid dienone is 1. The van der Waals surface area contributed by atoms with Gasteiger partial charge in [0.15, 0.2) is 5.96 Å². The SMILES string of the molecule is CC1CCc2cc3ccc2C1CC(S(=O)(=O)O)C1C=C2CC(CC4CC(CO)CC#Cc5cc(O)ccc5C2O4)C1c1ccc(cc1)C(CC(Cc1ccccc1)C1(O)CCCC(c2ccc(C4(O)CCCC4)cc2)C1)(N=C(N)N)O3. The molecular weight excluding hydrogens is 1030 g/mol. The van der Waals surface area contributed by atoms with Crippen molar-refractivity contribution in [1.29, 1.82) is 0 Å². The first-order valence-corrected chi connectivity index (χ1v) is 31.3. The van der Waals surface area contributed by atoms with Crippen molar-refractivity contribution in [2.75, 3.05) is 6.61 Å². The minimum Gasteiger partial charge on any atom is -0.508 e. The first-order valence-electron chi connectivity index (χ1n) is 29.8. The van der Waals surface area contributed by atoms with Gasteiger partial charge in [0.2, 0.25) is 5.72 Å². The number of aromatic hydroxyl groups is 1. The Morgan fingerprint density at radius 3 is 2.32 bits per heavy atom. The summed E-state index contributed by atoms with van der Waals surface area (Å²) in [4.78, 5) is 5.17. The fourth-order valence-electron chi connectivity index (χ4n) is 16.1. The molecule has 81 heavy (non-hydrogen) atoms. The van der Waals surface area contributed by atoms with E-state index in [1.54, 1.807) is 12.1 Å². The highest BCUT2D eigenvalue weighted by Crippen LogP contribution is 2.56. The zero-order chi connectivity index (χ0) is 56.3. The van der Waals surface area contributed by atoms with Crippen LogP contribution in [0, 0.1) is 41.4 Å². The summed E-state index contributed by atoms with van der Waals surface area (Å²) < 4.78 is 55.3. The van der Waals surface area contributed by atoms with Gasteiger partial charge in [-0.05, 0) is 188 Å². The molecule has 13 unspecified atom stereocenters. The number of aliphatic hydroxyl groups excluding tert-OH is 1. The van der Waals surface area contributed by atoms with Crippen molar-refractivity contribution in [3.05, 3.63) is 177 Å². The lowest BCUT2D eigenvalue weighted by molar-refractivity contribution is -0.0834. The van der Waals surface area contributed by atoms with E-state index in [0.29, 0.717) is 61.8 Å². The molecule has 5 aromatic rings. The summed E-state index contributed by atoms with van der Waals surface area (Å²) in [5, 5.41) is 45.3. The number of benzene rings is 5. The van der Waals surface area contributed by atoms with Crippen LogP contribution in [0.1, 0.15) is 177 Å². The van der Waals surface area contributed by atoms with Crippen LogP contribution < -0.4 is 16.2 Å². The maximum Gasteiger partial charge on any atom is 0.268 e. The van der Waals surface area contributed by atoms with Crippen LogP contribution in [-0.4, -0.2) is 62.9 Å². The van der Waals surface area contributed by atoms with E-state index in [-0.39, 0.29) is 66.9 Å². The Morgan fingerprint density at radius 1 is 0.840 bits per heavy atom. The summed E-state index contributed by atoms with van der Waals surface area (Å²) >= 11 is 0. The molecule has 13 heteroatoms. The van der Waals surface area contributed by atoms with Gasteiger partial charge >= 0.3 is 0 Å². The number of ether oxygens (including phenoxy) is 2. The molecule has 9 aliphatic rings. The fraction of sp³-hybridized carbons (Fsp3) is 0.485. The Kier molecular flexibility index (Phi) is 15.3. The maximum absolute atomic E-state index is 14.5. The van der Waals surface area contributed by atoms with E-state index in [4.69, 9.17) is 25.9 Å². The van der Waals surface area contributed by atoms with E-state index in [9.17, 15) is 33.4 Å². The maximum atomic E-state index is 14.5. The average Bonchev–Trinajstić information content (AvgIpc) is 3.90. The van der Waals surface area contributed by atoms with Crippen LogP contribution in [0.25, 0.3) is 0 Å². The first kappa shape index (κ1) is 55.5. The summed E-state index contributed by atoms with van der Waals surface area (Å²) in [5.41, 5.74) is 18.7. The molecule has 0 radical (unpaired) electrons. The number of hydrogen-bond donors (Lipinski definition) is 7. The predicted octanol–water partition coefficient (Wildman–Crippen LogP) is 11.3. The van der Waals surface area contributed by atoms with Crippen molar-refractivity contribution in [3.63, 3.8) is 0 Å². The number of hydrogen-bond acceptors (Lipinski definition) is 9. The highest BCUT2D eigenvalue weighted by Gasteiger charge is 2.51. The number of nitrogens with two attached hydrogens (primary N) is 2. The van der Waals surface area contributed by atoms with Crippen LogP contribution >= 0.6 is 0 Å². The van der Waals surface area contributed by atoms with Gasteiger partial charge in [0.05, 0.1) is 22.6 Å². The molecule has 14 rings (SSSR count). The molecule has 5 heterocycles. The highest BCUT2D eigenvalue weighted by molar-refractivity contribution is 7.86. The van der Waals surface area contributed by atoms with Crippen LogP contribution in [0.3, 0.4) is 0 Å². The number of rotatable bonds is 10. The lowest BCUT2D eigenvalue weighted by Crippen LogP contribution is -2.48. The zero-order valence-electron chi connectivity index (χ0n) is 46.5. The molecule has 5 aliphatic heterocycles. The Labute approximate surface area is 477 Å². The van der Waals surface area contributed by atoms with Crippen LogP contribution in [0.5, 0.6) is 11.5 Å². The van der Waals surface area contributed by atoms with Gasteiger partial charge in [0.25, 0.3) is 10.1 Å². The van der Waals surface area contributed by atoms with Gasteiger partial charge in [-0.3, -0.25) is 4.55 Å². The average molecular weight is 1110 g/mol. The molecule has 13 atom stereocenters. The molecule has 3 fully saturated rings. The van der Waals surface area contributed by atoms with Gasteiger partial charge < -0.3 is 41.4 Å². The summed E-state index contributed by atoms with van der Waals surface area (Å²) in [5.74, 6) is 5.07. The zero-order valence-corrected chi connectivity index (χ0v) is 47.3. The number of aliphatic hydroxyl groups is 3. The van der Waals surface area contributed by atoms with Crippen molar-refractivity contribution in [2.45, 2.75) is 168 Å². The lowest BCUT2D eigenvalue weighted by atomic mass is 9.64. The standard InChI is InChI=1S/C68H79N3O9S/c1-42-14-15-48-35-56-25-27-58(48)60(42)38-62(81(76,77)78)61-37-51-33-50(36-57-32-44(41-72)11-7-12-47-34-55(73)24-26-59(47)64(51)79-57)63(61)46-18-22-53(23-19-46)68(80-56,71-65(69)70)40-54(31-43-9-3-2-4-10-43)67(75)30-8-13-49(39-67)45-16-20-52(21-17-45)66(74)28-5-6-29-66/h2-4,9-10,16-27,34-35,37,42,44,49-50,54,57,60-64,72-75H,5-6,8,11,13-15,28-33,36,38-41H2,1H3,(H4,69,70,71)(H,76,77,78). The van der Waals surface area contributed by atoms with E-state index in [1.807, 2.05) is 42.5 Å². The van der Waals surface area contributed by atoms with E-state index in [0.717, 1.165) is 95.9 Å². The smallest absolute Gasteiger partial charge is 0.268 e. The first-order chi connectivity index (χ1) is 39.0. The number of nitrogens with zero attached hydrogens (tertiary/aromatic N) is 1. The summed E-state index contributed by atoms with van der Waals surface area (Å²) in [7, 11) is -4.70. The van der Waals surface area contributed by atoms with Gasteiger partial charge in [-0.15, -0.1) is 0 Å². The Hall–Kier alpha value is -5.98. The van der Waals surface area contributed by atoms with Gasteiger partial charge in [0, 0.05) is 42.1 Å². The minimum absolute atomic E-state index is 0.0598. The van der Waals surface area contributed by atoms with Gasteiger partial charge in [-0.25, -0.2) is 4.99 Å². The molecule has 0 aromatic heterocycles. The summed E-state index contributed by atoms with van der Waals surface area (Å²) in [6.45, 7) is 2.10. The molecule has 1 saturated heterocycles. The van der Waals surface area contributed by atoms with Crippen molar-refractivity contribution in [3.8, 4) is 23.3 Å². The predicted molar refractivity (Wildman–Crippen MR) is 314 cm³/mol. The van der Waals surface area contributed by atoms with E-state index < -0.39 is 56.2 Å². The topological polar surface area (TPSA) is 218 Å². The lowest BCUT2D eigenvalue weighted by Gasteiger charge is -2.46. The molecule has 5 aromatic carbocycles. The van der Waals surface area contributed by atoms with Gasteiger partial charge in [-0.1, -0.05) is 129 Å². The molecule has 0 amide bonds. The fourth-order valence-corrected chi connectivity index (χ4v) is 17.2. The Morgan fingerprint density at radius 2 is 1.58 bits per heavy atom. The molecule has 426 valence electrons. The van der Waals surface area contributed by atoms with Crippen molar-refractivity contribution < 1.29 is 42.9 Å². The molecule has 0 spiro atoms.